The lowest BCUT2D eigenvalue weighted by Gasteiger charge is -2.40. The van der Waals surface area contributed by atoms with Crippen molar-refractivity contribution in [1.82, 2.24) is 29.7 Å². The van der Waals surface area contributed by atoms with Gasteiger partial charge in [0.1, 0.15) is 11.1 Å². The Bertz CT molecular complexity index is 1070. The van der Waals surface area contributed by atoms with Gasteiger partial charge in [-0.2, -0.15) is 10.2 Å². The standard InChI is InChI=1S/C22H31N7O2/c1-21(2,3)31-20(30)23-15-22(4)7-10-28(11-8-22)19-18-6-9-24-29(18)14-17(26-19)16-12-25-27(5)13-16/h6,9,12-14H,7-8,10-11,15H2,1-5H3,(H,23,30). The number of hydrogen-bond acceptors (Lipinski definition) is 6. The maximum atomic E-state index is 12.0. The molecule has 0 radical (unpaired) electrons. The van der Waals surface area contributed by atoms with Crippen LogP contribution in [0.4, 0.5) is 10.6 Å². The number of fused-ring (bicyclic) bond motifs is 1. The third-order valence-electron chi connectivity index (χ3n) is 5.70. The van der Waals surface area contributed by atoms with E-state index in [1.165, 1.54) is 0 Å². The first-order valence-electron chi connectivity index (χ1n) is 10.7. The van der Waals surface area contributed by atoms with Gasteiger partial charge in [0.15, 0.2) is 5.82 Å². The Labute approximate surface area is 182 Å². The largest absolute Gasteiger partial charge is 0.444 e. The summed E-state index contributed by atoms with van der Waals surface area (Å²) in [7, 11) is 1.90. The Kier molecular flexibility index (Phi) is 5.36. The van der Waals surface area contributed by atoms with Crippen molar-refractivity contribution in [2.24, 2.45) is 12.5 Å². The molecule has 1 N–H and O–H groups in total. The number of amides is 1. The molecule has 0 spiro atoms. The van der Waals surface area contributed by atoms with Gasteiger partial charge in [-0.25, -0.2) is 14.3 Å². The van der Waals surface area contributed by atoms with Gasteiger partial charge >= 0.3 is 6.09 Å². The Morgan fingerprint density at radius 2 is 1.97 bits per heavy atom. The molecule has 1 saturated heterocycles. The molecule has 0 unspecified atom stereocenters. The van der Waals surface area contributed by atoms with E-state index >= 15 is 0 Å². The highest BCUT2D eigenvalue weighted by Gasteiger charge is 2.32. The van der Waals surface area contributed by atoms with Gasteiger partial charge in [0.25, 0.3) is 0 Å². The van der Waals surface area contributed by atoms with Crippen LogP contribution in [-0.2, 0) is 11.8 Å². The number of piperidine rings is 1. The molecule has 9 heteroatoms. The third kappa shape index (κ3) is 4.81. The number of nitrogens with one attached hydrogen (secondary N) is 1. The lowest BCUT2D eigenvalue weighted by atomic mass is 9.80. The van der Waals surface area contributed by atoms with Crippen molar-refractivity contribution in [2.75, 3.05) is 24.5 Å². The van der Waals surface area contributed by atoms with E-state index in [0.717, 1.165) is 48.5 Å². The molecule has 0 aromatic carbocycles. The molecule has 0 atom stereocenters. The number of nitrogens with zero attached hydrogens (tertiary/aromatic N) is 6. The van der Waals surface area contributed by atoms with Gasteiger partial charge < -0.3 is 15.0 Å². The lowest BCUT2D eigenvalue weighted by molar-refractivity contribution is 0.0495. The molecule has 1 fully saturated rings. The smallest absolute Gasteiger partial charge is 0.407 e. The van der Waals surface area contributed by atoms with Crippen LogP contribution in [0.3, 0.4) is 0 Å². The SMILES string of the molecule is Cn1cc(-c2cn3nccc3c(N3CCC(C)(CNC(=O)OC(C)(C)C)CC3)n2)cn1. The first kappa shape index (κ1) is 21.1. The molecule has 1 amide bonds. The van der Waals surface area contributed by atoms with E-state index < -0.39 is 5.60 Å². The van der Waals surface area contributed by atoms with Gasteiger partial charge in [-0.3, -0.25) is 4.68 Å². The molecule has 166 valence electrons. The summed E-state index contributed by atoms with van der Waals surface area (Å²) >= 11 is 0. The summed E-state index contributed by atoms with van der Waals surface area (Å²) in [5.41, 5.74) is 2.33. The molecule has 3 aromatic heterocycles. The molecule has 0 saturated carbocycles. The molecular weight excluding hydrogens is 394 g/mol. The average molecular weight is 426 g/mol. The van der Waals surface area contributed by atoms with Crippen molar-refractivity contribution < 1.29 is 9.53 Å². The number of aromatic nitrogens is 5. The Morgan fingerprint density at radius 3 is 2.61 bits per heavy atom. The summed E-state index contributed by atoms with van der Waals surface area (Å²) < 4.78 is 9.02. The van der Waals surface area contributed by atoms with Crippen LogP contribution in [-0.4, -0.2) is 55.7 Å². The molecular formula is C22H31N7O2. The van der Waals surface area contributed by atoms with Crippen LogP contribution in [0.15, 0.2) is 30.9 Å². The summed E-state index contributed by atoms with van der Waals surface area (Å²) in [6, 6.07) is 1.99. The number of carbonyl (C=O) groups excluding carboxylic acids is 1. The van der Waals surface area contributed by atoms with Crippen LogP contribution in [0.5, 0.6) is 0 Å². The fourth-order valence-electron chi connectivity index (χ4n) is 3.87. The zero-order valence-corrected chi connectivity index (χ0v) is 18.9. The van der Waals surface area contributed by atoms with E-state index in [1.54, 1.807) is 10.9 Å². The minimum Gasteiger partial charge on any atom is -0.444 e. The lowest BCUT2D eigenvalue weighted by Crippen LogP contribution is -2.46. The maximum Gasteiger partial charge on any atom is 0.407 e. The monoisotopic (exact) mass is 425 g/mol. The minimum atomic E-state index is -0.490. The Hall–Kier alpha value is -3.10. The fourth-order valence-corrected chi connectivity index (χ4v) is 3.87. The van der Waals surface area contributed by atoms with Crippen LogP contribution in [0.2, 0.25) is 0 Å². The van der Waals surface area contributed by atoms with Crippen LogP contribution < -0.4 is 10.2 Å². The summed E-state index contributed by atoms with van der Waals surface area (Å²) in [6.07, 6.45) is 9.04. The molecule has 1 aliphatic heterocycles. The molecule has 9 nitrogen and oxygen atoms in total. The predicted octanol–water partition coefficient (Wildman–Crippen LogP) is 3.26. The number of rotatable bonds is 4. The van der Waals surface area contributed by atoms with Gasteiger partial charge in [-0.15, -0.1) is 0 Å². The van der Waals surface area contributed by atoms with Crippen molar-refractivity contribution in [3.8, 4) is 11.3 Å². The number of carbonyl (C=O) groups is 1. The van der Waals surface area contributed by atoms with Gasteiger partial charge in [-0.1, -0.05) is 6.92 Å². The quantitative estimate of drug-likeness (QED) is 0.690. The molecule has 4 heterocycles. The molecule has 1 aliphatic rings. The number of alkyl carbamates (subject to hydrolysis) is 1. The van der Waals surface area contributed by atoms with Gasteiger partial charge in [-0.05, 0) is 45.1 Å². The summed E-state index contributed by atoms with van der Waals surface area (Å²) in [4.78, 5) is 19.3. The fraction of sp³-hybridized carbons (Fsp3) is 0.545. The number of hydrogen-bond donors (Lipinski definition) is 1. The normalized spacial score (nSPS) is 16.5. The average Bonchev–Trinajstić information content (AvgIpc) is 3.34. The second kappa shape index (κ2) is 7.86. The molecule has 31 heavy (non-hydrogen) atoms. The molecule has 0 aliphatic carbocycles. The highest BCUT2D eigenvalue weighted by molar-refractivity contribution is 5.72. The van der Waals surface area contributed by atoms with Crippen LogP contribution in [0.1, 0.15) is 40.5 Å². The molecule has 0 bridgehead atoms. The number of aryl methyl sites for hydroxylation is 1. The minimum absolute atomic E-state index is 0.0187. The van der Waals surface area contributed by atoms with E-state index in [4.69, 9.17) is 9.72 Å². The summed E-state index contributed by atoms with van der Waals surface area (Å²) in [5.74, 6) is 0.931. The maximum absolute atomic E-state index is 12.0. The van der Waals surface area contributed by atoms with E-state index in [-0.39, 0.29) is 11.5 Å². The zero-order chi connectivity index (χ0) is 22.2. The van der Waals surface area contributed by atoms with Crippen molar-refractivity contribution in [2.45, 2.75) is 46.1 Å². The van der Waals surface area contributed by atoms with Crippen LogP contribution in [0.25, 0.3) is 16.8 Å². The first-order chi connectivity index (χ1) is 14.6. The third-order valence-corrected chi connectivity index (χ3v) is 5.70. The van der Waals surface area contributed by atoms with Crippen molar-refractivity contribution in [1.29, 1.82) is 0 Å². The highest BCUT2D eigenvalue weighted by atomic mass is 16.6. The topological polar surface area (TPSA) is 89.6 Å². The Balaban J connectivity index is 1.47. The molecule has 3 aromatic rings. The number of anilines is 1. The van der Waals surface area contributed by atoms with E-state index in [0.29, 0.717) is 6.54 Å². The van der Waals surface area contributed by atoms with Crippen molar-refractivity contribution in [3.05, 3.63) is 30.9 Å². The zero-order valence-electron chi connectivity index (χ0n) is 18.9. The van der Waals surface area contributed by atoms with Crippen molar-refractivity contribution in [3.63, 3.8) is 0 Å². The van der Waals surface area contributed by atoms with Gasteiger partial charge in [0.2, 0.25) is 0 Å². The van der Waals surface area contributed by atoms with E-state index in [1.807, 2.05) is 57.0 Å². The van der Waals surface area contributed by atoms with E-state index in [9.17, 15) is 4.79 Å². The van der Waals surface area contributed by atoms with Gasteiger partial charge in [0.05, 0.1) is 24.3 Å². The second-order valence-electron chi connectivity index (χ2n) is 9.67. The summed E-state index contributed by atoms with van der Waals surface area (Å²) in [6.45, 7) is 10.1. The van der Waals surface area contributed by atoms with Crippen LogP contribution >= 0.6 is 0 Å². The van der Waals surface area contributed by atoms with Crippen molar-refractivity contribution >= 4 is 17.4 Å². The Morgan fingerprint density at radius 1 is 1.23 bits per heavy atom. The second-order valence-corrected chi connectivity index (χ2v) is 9.67. The first-order valence-corrected chi connectivity index (χ1v) is 10.7. The highest BCUT2D eigenvalue weighted by Crippen LogP contribution is 2.34. The van der Waals surface area contributed by atoms with Gasteiger partial charge in [0, 0.05) is 38.4 Å². The van der Waals surface area contributed by atoms with Crippen LogP contribution in [0, 0.1) is 5.41 Å². The van der Waals surface area contributed by atoms with E-state index in [2.05, 4.69) is 27.3 Å². The predicted molar refractivity (Wildman–Crippen MR) is 119 cm³/mol. The number of ether oxygens (including phenoxy) is 1. The summed E-state index contributed by atoms with van der Waals surface area (Å²) in [5, 5.41) is 11.6. The molecule has 4 rings (SSSR count).